The van der Waals surface area contributed by atoms with E-state index >= 15 is 0 Å². The van der Waals surface area contributed by atoms with E-state index in [9.17, 15) is 0 Å². The predicted molar refractivity (Wildman–Crippen MR) is 102 cm³/mol. The van der Waals surface area contributed by atoms with Gasteiger partial charge in [0.15, 0.2) is 0 Å². The van der Waals surface area contributed by atoms with Crippen LogP contribution in [0, 0.1) is 13.8 Å². The number of para-hydroxylation sites is 2. The standard InChI is InChI=1S/C18H22N4S/c1-15-9-5-7-11-17(15)19-13-21(3)23-22(4)14-20-18-12-8-6-10-16(18)2/h5-14H,1-4H3/b19-13-,20-14-. The molecule has 0 bridgehead atoms. The van der Waals surface area contributed by atoms with Crippen LogP contribution in [0.1, 0.15) is 11.1 Å². The molecule has 0 spiro atoms. The fraction of sp³-hybridized carbons (Fsp3) is 0.222. The maximum Gasteiger partial charge on any atom is 0.102 e. The Kier molecular flexibility index (Phi) is 6.23. The largest absolute Gasteiger partial charge is 0.292 e. The molecule has 0 aromatic heterocycles. The molecule has 120 valence electrons. The van der Waals surface area contributed by atoms with Gasteiger partial charge in [0.25, 0.3) is 0 Å². The normalized spacial score (nSPS) is 11.3. The minimum Gasteiger partial charge on any atom is -0.292 e. The first-order valence-corrected chi connectivity index (χ1v) is 8.12. The predicted octanol–water partition coefficient (Wildman–Crippen LogP) is 4.75. The fourth-order valence-corrected chi connectivity index (χ4v) is 2.53. The summed E-state index contributed by atoms with van der Waals surface area (Å²) in [5.74, 6) is 0. The summed E-state index contributed by atoms with van der Waals surface area (Å²) < 4.78 is 3.88. The average Bonchev–Trinajstić information content (AvgIpc) is 2.53. The quantitative estimate of drug-likeness (QED) is 0.436. The average molecular weight is 326 g/mol. The molecule has 0 saturated carbocycles. The number of benzene rings is 2. The van der Waals surface area contributed by atoms with Gasteiger partial charge in [-0.25, -0.2) is 9.98 Å². The van der Waals surface area contributed by atoms with Gasteiger partial charge in [-0.15, -0.1) is 0 Å². The highest BCUT2D eigenvalue weighted by Crippen LogP contribution is 2.19. The first-order valence-electron chi connectivity index (χ1n) is 7.39. The van der Waals surface area contributed by atoms with Crippen molar-refractivity contribution < 1.29 is 0 Å². The van der Waals surface area contributed by atoms with E-state index in [0.717, 1.165) is 22.5 Å². The van der Waals surface area contributed by atoms with Crippen molar-refractivity contribution in [1.29, 1.82) is 0 Å². The highest BCUT2D eigenvalue weighted by Gasteiger charge is 2.00. The van der Waals surface area contributed by atoms with Crippen molar-refractivity contribution in [2.24, 2.45) is 9.98 Å². The molecule has 4 nitrogen and oxygen atoms in total. The molecule has 0 aliphatic carbocycles. The van der Waals surface area contributed by atoms with Gasteiger partial charge in [-0.3, -0.25) is 8.61 Å². The molecule has 0 fully saturated rings. The van der Waals surface area contributed by atoms with Gasteiger partial charge < -0.3 is 0 Å². The Morgan fingerprint density at radius 3 is 1.52 bits per heavy atom. The zero-order valence-corrected chi connectivity index (χ0v) is 14.8. The van der Waals surface area contributed by atoms with Crippen LogP contribution in [0.3, 0.4) is 0 Å². The van der Waals surface area contributed by atoms with Crippen molar-refractivity contribution in [1.82, 2.24) is 8.61 Å². The van der Waals surface area contributed by atoms with Crippen molar-refractivity contribution in [3.63, 3.8) is 0 Å². The van der Waals surface area contributed by atoms with Crippen molar-refractivity contribution in [3.05, 3.63) is 59.7 Å². The minimum atomic E-state index is 0.983. The molecule has 2 aromatic carbocycles. The molecule has 2 rings (SSSR count). The zero-order chi connectivity index (χ0) is 16.7. The van der Waals surface area contributed by atoms with Gasteiger partial charge in [0.1, 0.15) is 12.7 Å². The summed E-state index contributed by atoms with van der Waals surface area (Å²) in [6, 6.07) is 16.1. The molecule has 0 saturated heterocycles. The zero-order valence-electron chi connectivity index (χ0n) is 14.0. The van der Waals surface area contributed by atoms with E-state index in [1.165, 1.54) is 12.1 Å². The fourth-order valence-electron chi connectivity index (χ4n) is 1.95. The Hall–Kier alpha value is -2.27. The monoisotopic (exact) mass is 326 g/mol. The van der Waals surface area contributed by atoms with E-state index in [4.69, 9.17) is 0 Å². The molecule has 23 heavy (non-hydrogen) atoms. The number of aryl methyl sites for hydroxylation is 2. The Labute approximate surface area is 142 Å². The van der Waals surface area contributed by atoms with E-state index in [0.29, 0.717) is 0 Å². The van der Waals surface area contributed by atoms with Gasteiger partial charge in [0, 0.05) is 14.1 Å². The molecule has 0 radical (unpaired) electrons. The molecular formula is C18H22N4S. The Morgan fingerprint density at radius 1 is 0.739 bits per heavy atom. The number of aliphatic imine (C=N–C) groups is 2. The van der Waals surface area contributed by atoms with Crippen molar-refractivity contribution in [2.75, 3.05) is 14.1 Å². The van der Waals surface area contributed by atoms with Crippen molar-refractivity contribution in [2.45, 2.75) is 13.8 Å². The van der Waals surface area contributed by atoms with Crippen LogP contribution < -0.4 is 0 Å². The summed E-state index contributed by atoms with van der Waals surface area (Å²) in [6.07, 6.45) is 3.62. The van der Waals surface area contributed by atoms with Crippen LogP contribution in [0.15, 0.2) is 58.5 Å². The van der Waals surface area contributed by atoms with Crippen LogP contribution >= 0.6 is 12.1 Å². The summed E-state index contributed by atoms with van der Waals surface area (Å²) in [5.41, 5.74) is 4.29. The van der Waals surface area contributed by atoms with Crippen LogP contribution in [-0.2, 0) is 0 Å². The number of hydrogen-bond acceptors (Lipinski definition) is 3. The SMILES string of the molecule is Cc1ccccc1/N=C\N(C)SN(C)/C=N\c1ccccc1C. The molecule has 0 N–H and O–H groups in total. The summed E-state index contributed by atoms with van der Waals surface area (Å²) in [7, 11) is 3.93. The molecule has 5 heteroatoms. The van der Waals surface area contributed by atoms with E-state index < -0.39 is 0 Å². The van der Waals surface area contributed by atoms with E-state index in [2.05, 4.69) is 36.0 Å². The maximum absolute atomic E-state index is 4.50. The summed E-state index contributed by atoms with van der Waals surface area (Å²) in [4.78, 5) is 9.00. The van der Waals surface area contributed by atoms with E-state index in [-0.39, 0.29) is 0 Å². The molecular weight excluding hydrogens is 304 g/mol. The topological polar surface area (TPSA) is 31.2 Å². The van der Waals surface area contributed by atoms with E-state index in [1.54, 1.807) is 0 Å². The first-order chi connectivity index (χ1) is 11.1. The lowest BCUT2D eigenvalue weighted by Crippen LogP contribution is -2.16. The van der Waals surface area contributed by atoms with Crippen LogP contribution in [0.5, 0.6) is 0 Å². The van der Waals surface area contributed by atoms with Gasteiger partial charge in [-0.2, -0.15) is 0 Å². The summed E-state index contributed by atoms with van der Waals surface area (Å²) in [6.45, 7) is 4.11. The lowest BCUT2D eigenvalue weighted by molar-refractivity contribution is 0.779. The van der Waals surface area contributed by atoms with Gasteiger partial charge in [-0.05, 0) is 37.1 Å². The third-order valence-corrected chi connectivity index (χ3v) is 3.91. The van der Waals surface area contributed by atoms with Gasteiger partial charge >= 0.3 is 0 Å². The summed E-state index contributed by atoms with van der Waals surface area (Å²) >= 11 is 1.52. The Morgan fingerprint density at radius 2 is 1.13 bits per heavy atom. The maximum atomic E-state index is 4.50. The van der Waals surface area contributed by atoms with E-state index in [1.807, 2.05) is 71.8 Å². The van der Waals surface area contributed by atoms with Crippen LogP contribution in [0.25, 0.3) is 0 Å². The number of nitrogens with zero attached hydrogens (tertiary/aromatic N) is 4. The van der Waals surface area contributed by atoms with Crippen LogP contribution in [0.2, 0.25) is 0 Å². The number of rotatable bonds is 6. The molecule has 0 aliphatic rings. The second-order valence-corrected chi connectivity index (χ2v) is 6.55. The molecule has 0 unspecified atom stereocenters. The van der Waals surface area contributed by atoms with Crippen LogP contribution in [0.4, 0.5) is 11.4 Å². The van der Waals surface area contributed by atoms with Crippen molar-refractivity contribution in [3.8, 4) is 0 Å². The molecule has 0 heterocycles. The molecule has 0 aliphatic heterocycles. The highest BCUT2D eigenvalue weighted by atomic mass is 32.2. The second kappa shape index (κ2) is 8.39. The highest BCUT2D eigenvalue weighted by molar-refractivity contribution is 7.95. The van der Waals surface area contributed by atoms with Gasteiger partial charge in [0.05, 0.1) is 23.5 Å². The third kappa shape index (κ3) is 5.45. The number of hydrogen-bond donors (Lipinski definition) is 0. The molecule has 0 amide bonds. The van der Waals surface area contributed by atoms with Gasteiger partial charge in [0.2, 0.25) is 0 Å². The van der Waals surface area contributed by atoms with Gasteiger partial charge in [-0.1, -0.05) is 36.4 Å². The Bertz CT molecular complexity index is 637. The minimum absolute atomic E-state index is 0.983. The second-order valence-electron chi connectivity index (χ2n) is 5.24. The molecule has 2 aromatic rings. The van der Waals surface area contributed by atoms with Crippen molar-refractivity contribution >= 4 is 36.2 Å². The summed E-state index contributed by atoms with van der Waals surface area (Å²) in [5, 5.41) is 0. The van der Waals surface area contributed by atoms with Crippen LogP contribution in [-0.4, -0.2) is 35.4 Å². The lowest BCUT2D eigenvalue weighted by atomic mass is 10.2. The molecule has 0 atom stereocenters. The Balaban J connectivity index is 1.91. The first kappa shape index (κ1) is 17.1. The lowest BCUT2D eigenvalue weighted by Gasteiger charge is -2.17. The third-order valence-electron chi connectivity index (χ3n) is 3.21. The smallest absolute Gasteiger partial charge is 0.102 e.